The van der Waals surface area contributed by atoms with E-state index in [0.717, 1.165) is 36.8 Å². The average molecular weight is 627 g/mol. The molecule has 1 aliphatic carbocycles. The van der Waals surface area contributed by atoms with E-state index in [4.69, 9.17) is 25.1 Å². The van der Waals surface area contributed by atoms with Crippen molar-refractivity contribution in [2.24, 2.45) is 16.6 Å². The van der Waals surface area contributed by atoms with Crippen LogP contribution in [-0.4, -0.2) is 80.2 Å². The van der Waals surface area contributed by atoms with E-state index in [-0.39, 0.29) is 29.8 Å². The number of aliphatic hydroxyl groups excluding tert-OH is 1. The number of benzene rings is 2. The molecule has 7 N–H and O–H groups in total. The normalized spacial score (nSPS) is 18.4. The Balaban J connectivity index is 1.66. The maximum atomic E-state index is 12.5. The molecule has 2 aromatic carbocycles. The number of ether oxygens (including phenoxy) is 3. The molecule has 0 amide bonds. The third-order valence-electron chi connectivity index (χ3n) is 8.06. The second-order valence-corrected chi connectivity index (χ2v) is 11.5. The number of ketones is 1. The smallest absolute Gasteiger partial charge is 0.192 e. The Kier molecular flexibility index (Phi) is 14.5. The monoisotopic (exact) mass is 626 g/mol. The molecule has 0 aromatic heterocycles. The maximum absolute atomic E-state index is 12.5. The summed E-state index contributed by atoms with van der Waals surface area (Å²) < 4.78 is 17.4. The van der Waals surface area contributed by atoms with E-state index in [1.165, 1.54) is 7.11 Å². The number of methoxy groups -OCH3 is 1. The number of aliphatic imine (C=N–C) groups is 1. The number of aryl methyl sites for hydroxylation is 2. The molecule has 0 aliphatic heterocycles. The molecule has 45 heavy (non-hydrogen) atoms. The Morgan fingerprint density at radius 1 is 1.16 bits per heavy atom. The van der Waals surface area contributed by atoms with Crippen LogP contribution in [-0.2, 0) is 22.4 Å². The van der Waals surface area contributed by atoms with Crippen molar-refractivity contribution in [3.63, 3.8) is 0 Å². The molecule has 2 aromatic rings. The number of hydrogen-bond donors (Lipinski definition) is 6. The van der Waals surface area contributed by atoms with Crippen molar-refractivity contribution in [2.45, 2.75) is 63.4 Å². The first-order valence-electron chi connectivity index (χ1n) is 15.6. The lowest BCUT2D eigenvalue weighted by molar-refractivity contribution is -0.114. The summed E-state index contributed by atoms with van der Waals surface area (Å²) in [5, 5.41) is 36.2. The Bertz CT molecular complexity index is 1300. The van der Waals surface area contributed by atoms with Crippen molar-refractivity contribution in [3.8, 4) is 23.0 Å². The number of aromatic hydroxyl groups is 2. The van der Waals surface area contributed by atoms with Crippen LogP contribution in [0, 0.1) is 5.92 Å². The molecule has 248 valence electrons. The maximum Gasteiger partial charge on any atom is 0.192 e. The summed E-state index contributed by atoms with van der Waals surface area (Å²) in [6.07, 6.45) is 9.77. The molecule has 0 saturated heterocycles. The van der Waals surface area contributed by atoms with E-state index in [9.17, 15) is 15.0 Å². The minimum Gasteiger partial charge on any atom is -0.504 e. The third kappa shape index (κ3) is 11.3. The van der Waals surface area contributed by atoms with E-state index in [0.29, 0.717) is 75.0 Å². The van der Waals surface area contributed by atoms with Crippen LogP contribution in [0.2, 0.25) is 0 Å². The minimum atomic E-state index is -0.490. The second-order valence-electron chi connectivity index (χ2n) is 11.5. The fraction of sp³-hybridized carbons (Fsp3) is 0.529. The molecular weight excluding hydrogens is 576 g/mol. The number of carbonyl (C=O) groups excluding carboxylic acids is 1. The van der Waals surface area contributed by atoms with Crippen LogP contribution in [0.3, 0.4) is 0 Å². The van der Waals surface area contributed by atoms with Gasteiger partial charge in [0.25, 0.3) is 0 Å². The predicted octanol–water partition coefficient (Wildman–Crippen LogP) is 4.08. The molecule has 0 spiro atoms. The lowest BCUT2D eigenvalue weighted by Gasteiger charge is -2.31. The highest BCUT2D eigenvalue weighted by Gasteiger charge is 2.41. The van der Waals surface area contributed by atoms with Gasteiger partial charge in [0.15, 0.2) is 34.7 Å². The first-order valence-corrected chi connectivity index (χ1v) is 15.6. The highest BCUT2D eigenvalue weighted by Crippen LogP contribution is 2.44. The van der Waals surface area contributed by atoms with Gasteiger partial charge < -0.3 is 45.9 Å². The van der Waals surface area contributed by atoms with Crippen molar-refractivity contribution in [2.75, 3.05) is 52.9 Å². The van der Waals surface area contributed by atoms with Gasteiger partial charge in [-0.1, -0.05) is 12.1 Å². The van der Waals surface area contributed by atoms with Crippen LogP contribution < -0.4 is 25.8 Å². The van der Waals surface area contributed by atoms with Crippen molar-refractivity contribution in [1.29, 1.82) is 0 Å². The van der Waals surface area contributed by atoms with Crippen molar-refractivity contribution < 1.29 is 34.3 Å². The number of nitrogens with zero attached hydrogens (tertiary/aromatic N) is 1. The largest absolute Gasteiger partial charge is 0.504 e. The van der Waals surface area contributed by atoms with Crippen molar-refractivity contribution >= 4 is 17.4 Å². The molecule has 0 heterocycles. The Morgan fingerprint density at radius 2 is 1.96 bits per heavy atom. The zero-order valence-corrected chi connectivity index (χ0v) is 26.8. The van der Waals surface area contributed by atoms with E-state index >= 15 is 0 Å². The number of rotatable bonds is 19. The van der Waals surface area contributed by atoms with Crippen LogP contribution in [0.5, 0.6) is 23.0 Å². The molecule has 1 fully saturated rings. The van der Waals surface area contributed by atoms with Crippen LogP contribution in [0.1, 0.15) is 56.1 Å². The number of allylic oxidation sites excluding steroid dienone is 2. The van der Waals surface area contributed by atoms with Gasteiger partial charge in [0, 0.05) is 39.8 Å². The molecule has 0 bridgehead atoms. The second kappa shape index (κ2) is 18.2. The number of nitrogens with two attached hydrogens (primary N) is 1. The molecule has 11 heteroatoms. The molecule has 2 atom stereocenters. The fourth-order valence-electron chi connectivity index (χ4n) is 5.68. The van der Waals surface area contributed by atoms with Gasteiger partial charge in [0.2, 0.25) is 0 Å². The molecule has 1 aliphatic rings. The van der Waals surface area contributed by atoms with Gasteiger partial charge in [-0.15, -0.1) is 0 Å². The Labute approximate surface area is 266 Å². The van der Waals surface area contributed by atoms with Crippen LogP contribution in [0.25, 0.3) is 0 Å². The number of phenols is 2. The first-order chi connectivity index (χ1) is 21.7. The topological polar surface area (TPSA) is 168 Å². The molecule has 11 nitrogen and oxygen atoms in total. The van der Waals surface area contributed by atoms with Gasteiger partial charge >= 0.3 is 0 Å². The lowest BCUT2D eigenvalue weighted by Crippen LogP contribution is -2.42. The SMILES string of the molecule is CN=C(N)Nc1cc(CCC=CC(=O)CCc2ccc(O)c(OC)c2)cc(O[C@@]2(CNC)CC[C@H](CCOCCCO)C2)c1O. The summed E-state index contributed by atoms with van der Waals surface area (Å²) in [6, 6.07) is 8.76. The van der Waals surface area contributed by atoms with E-state index < -0.39 is 5.60 Å². The minimum absolute atomic E-state index is 0.00893. The van der Waals surface area contributed by atoms with Gasteiger partial charge in [-0.05, 0) is 106 Å². The number of phenolic OH excluding ortho intramolecular Hbond substituents is 2. The highest BCUT2D eigenvalue weighted by atomic mass is 16.5. The number of carbonyl (C=O) groups is 1. The van der Waals surface area contributed by atoms with Crippen LogP contribution in [0.4, 0.5) is 5.69 Å². The standard InChI is InChI=1S/C34H50N4O7/c1-36-23-34(15-13-25(22-34)14-18-44-17-6-16-39)45-31-21-26(19-28(32(31)42)38-33(35)37-2)7-4-5-8-27(40)11-9-24-10-12-29(41)30(20-24)43-3/h5,8,10,12,19-21,25,36,39,41-42H,4,6-7,9,11,13-18,22-23H2,1-3H3,(H3,35,37,38)/t25-,34+/m1/s1. The molecule has 0 radical (unpaired) electrons. The van der Waals surface area contributed by atoms with E-state index in [1.54, 1.807) is 31.3 Å². The zero-order valence-electron chi connectivity index (χ0n) is 26.8. The summed E-state index contributed by atoms with van der Waals surface area (Å²) in [6.45, 7) is 1.96. The summed E-state index contributed by atoms with van der Waals surface area (Å²) >= 11 is 0. The quantitative estimate of drug-likeness (QED) is 0.0440. The summed E-state index contributed by atoms with van der Waals surface area (Å²) in [5.41, 5.74) is 7.67. The average Bonchev–Trinajstić information content (AvgIpc) is 3.43. The summed E-state index contributed by atoms with van der Waals surface area (Å²) in [4.78, 5) is 16.5. The predicted molar refractivity (Wildman–Crippen MR) is 176 cm³/mol. The summed E-state index contributed by atoms with van der Waals surface area (Å²) in [5.74, 6) is 1.40. The van der Waals surface area contributed by atoms with Gasteiger partial charge in [0.1, 0.15) is 5.60 Å². The third-order valence-corrected chi connectivity index (χ3v) is 8.06. The molecule has 1 saturated carbocycles. The molecule has 3 rings (SSSR count). The fourth-order valence-corrected chi connectivity index (χ4v) is 5.68. The van der Waals surface area contributed by atoms with E-state index in [2.05, 4.69) is 15.6 Å². The number of nitrogens with one attached hydrogen (secondary N) is 2. The number of guanidine groups is 1. The van der Waals surface area contributed by atoms with Crippen LogP contribution >= 0.6 is 0 Å². The Morgan fingerprint density at radius 3 is 2.69 bits per heavy atom. The first kappa shape index (κ1) is 35.7. The Hall–Kier alpha value is -3.80. The van der Waals surface area contributed by atoms with Gasteiger partial charge in [-0.25, -0.2) is 0 Å². The number of anilines is 1. The van der Waals surface area contributed by atoms with Gasteiger partial charge in [0.05, 0.1) is 12.8 Å². The van der Waals surface area contributed by atoms with Crippen molar-refractivity contribution in [3.05, 3.63) is 53.6 Å². The molecule has 0 unspecified atom stereocenters. The zero-order chi connectivity index (χ0) is 32.7. The molecular formula is C34H50N4O7. The lowest BCUT2D eigenvalue weighted by atomic mass is 9.97. The van der Waals surface area contributed by atoms with Gasteiger partial charge in [-0.2, -0.15) is 0 Å². The van der Waals surface area contributed by atoms with Crippen molar-refractivity contribution in [1.82, 2.24) is 5.32 Å². The van der Waals surface area contributed by atoms with Crippen LogP contribution in [0.15, 0.2) is 47.5 Å². The number of aliphatic hydroxyl groups is 1. The number of hydrogen-bond acceptors (Lipinski definition) is 9. The summed E-state index contributed by atoms with van der Waals surface area (Å²) in [7, 11) is 4.95. The highest BCUT2D eigenvalue weighted by molar-refractivity contribution is 5.94. The van der Waals surface area contributed by atoms with E-state index in [1.807, 2.05) is 25.3 Å². The van der Waals surface area contributed by atoms with Gasteiger partial charge in [-0.3, -0.25) is 9.79 Å². The number of likely N-dealkylation sites (N-methyl/N-ethyl adjacent to an activating group) is 1.